The third-order valence-corrected chi connectivity index (χ3v) is 29.6. The van der Waals surface area contributed by atoms with Gasteiger partial charge in [0.2, 0.25) is 20.0 Å². The number of rotatable bonds is 10. The van der Waals surface area contributed by atoms with E-state index in [1.54, 1.807) is 26.0 Å². The van der Waals surface area contributed by atoms with E-state index >= 15 is 0 Å². The summed E-state index contributed by atoms with van der Waals surface area (Å²) >= 11 is 13.0. The van der Waals surface area contributed by atoms with Crippen LogP contribution in [0.4, 0.5) is 11.4 Å². The average Bonchev–Trinajstić information content (AvgIpc) is 1.42. The van der Waals surface area contributed by atoms with Crippen LogP contribution in [0, 0.1) is 35.5 Å². The lowest BCUT2D eigenvalue weighted by atomic mass is 9.63. The fourth-order valence-electron chi connectivity index (χ4n) is 18.4. The van der Waals surface area contributed by atoms with Crippen LogP contribution >= 0.6 is 23.2 Å². The lowest BCUT2D eigenvalue weighted by Crippen LogP contribution is -2.53. The van der Waals surface area contributed by atoms with Crippen molar-refractivity contribution in [3.8, 4) is 11.5 Å². The third kappa shape index (κ3) is 15.9. The Kier molecular flexibility index (Phi) is 23.3. The molecule has 22 heteroatoms. The zero-order valence-electron chi connectivity index (χ0n) is 60.7. The first-order valence-electron chi connectivity index (χ1n) is 38.0. The maximum Gasteiger partial charge on any atom is 0.264 e. The quantitative estimate of drug-likeness (QED) is 0.142. The number of allylic oxidation sites excluding steroid dienone is 2. The third-order valence-electron chi connectivity index (χ3n) is 25.3. The predicted molar refractivity (Wildman–Crippen MR) is 403 cm³/mol. The van der Waals surface area contributed by atoms with Crippen LogP contribution in [-0.4, -0.2) is 178 Å². The average molecular weight is 1480 g/mol. The maximum atomic E-state index is 13.6. The molecule has 6 aliphatic heterocycles. The number of nitrogens with zero attached hydrogens (tertiary/aromatic N) is 4. The first-order valence-corrected chi connectivity index (χ1v) is 41.9. The van der Waals surface area contributed by atoms with E-state index in [1.807, 2.05) is 50.2 Å². The Morgan fingerprint density at radius 3 is 1.34 bits per heavy atom. The molecule has 2 saturated heterocycles. The van der Waals surface area contributed by atoms with Crippen LogP contribution in [0.15, 0.2) is 97.1 Å². The lowest BCUT2D eigenvalue weighted by Gasteiger charge is -2.51. The van der Waals surface area contributed by atoms with Crippen molar-refractivity contribution in [2.45, 2.75) is 164 Å². The summed E-state index contributed by atoms with van der Waals surface area (Å²) < 4.78 is 97.5. The standard InChI is InChI=1S/2C40H54ClN3O6S/c2*1-4-40(50-22-19-43-17-20-48-21-18-43)16-5-7-28(2)29(3)51(46,47)42-38(45)31-10-14-37-36(24-31)44(25-32-9-12-35(32)40)26-39(27-49-37)15-6-8-30-23-33(41)11-13-34(30)39/h2*5,10-11,13-14,16,23-24,28-29,32,35H,4,6-9,12,15,17-22,25-27H2,1-3H3,(H,42,45)/b2*16-5+/t28-,29+,32-,35+,39-,40+;28-,29+,32-,35+,39-,40-/m00/s1. The van der Waals surface area contributed by atoms with E-state index in [9.17, 15) is 26.4 Å². The zero-order chi connectivity index (χ0) is 71.6. The highest BCUT2D eigenvalue weighted by Crippen LogP contribution is 2.53. The normalized spacial score (nSPS) is 33.2. The number of aryl methyl sites for hydroxylation is 2. The number of carbonyl (C=O) groups excluding carboxylic acids is 2. The molecule has 2 N–H and O–H groups in total. The summed E-state index contributed by atoms with van der Waals surface area (Å²) in [5, 5.41) is -0.0427. The second-order valence-electron chi connectivity index (χ2n) is 31.3. The van der Waals surface area contributed by atoms with Crippen LogP contribution in [0.2, 0.25) is 10.0 Å². The van der Waals surface area contributed by atoms with Gasteiger partial charge in [-0.05, 0) is 222 Å². The summed E-state index contributed by atoms with van der Waals surface area (Å²) in [6.45, 7) is 25.4. The molecular formula is C80H108Cl2N6O12S2. The van der Waals surface area contributed by atoms with Crippen molar-refractivity contribution >= 4 is 66.4 Å². The lowest BCUT2D eigenvalue weighted by molar-refractivity contribution is -0.107. The van der Waals surface area contributed by atoms with Gasteiger partial charge in [-0.1, -0.05) is 87.3 Å². The first kappa shape index (κ1) is 75.0. The van der Waals surface area contributed by atoms with Crippen molar-refractivity contribution in [3.63, 3.8) is 0 Å². The van der Waals surface area contributed by atoms with E-state index in [0.717, 1.165) is 202 Å². The van der Waals surface area contributed by atoms with Crippen molar-refractivity contribution in [1.82, 2.24) is 19.2 Å². The minimum atomic E-state index is -3.94. The molecule has 14 rings (SSSR count). The number of hydrogen-bond donors (Lipinski definition) is 2. The molecule has 18 nitrogen and oxygen atoms in total. The number of amides is 2. The largest absolute Gasteiger partial charge is 0.490 e. The van der Waals surface area contributed by atoms with Crippen molar-refractivity contribution in [1.29, 1.82) is 0 Å². The Hall–Kier alpha value is -5.26. The van der Waals surface area contributed by atoms with Gasteiger partial charge in [0, 0.05) is 97.4 Å². The fraction of sp³-hybridized carbons (Fsp3) is 0.625. The van der Waals surface area contributed by atoms with Gasteiger partial charge in [0.15, 0.2) is 0 Å². The summed E-state index contributed by atoms with van der Waals surface area (Å²) in [6.07, 6.45) is 21.9. The minimum Gasteiger partial charge on any atom is -0.490 e. The molecule has 2 saturated carbocycles. The van der Waals surface area contributed by atoms with Crippen molar-refractivity contribution in [3.05, 3.63) is 141 Å². The molecule has 4 bridgehead atoms. The Balaban J connectivity index is 0.000000182. The SMILES string of the molecule is CC[C@@]1(OCCN2CCOCC2)/C=C/C[C@H](C)[C@@H](C)S(=O)(=O)NC(=O)c2ccc3c(c2)N(C[C@@H]2CC[C@H]21)C[C@@]1(CCCc2cc(Cl)ccc21)CO3.CC[C@]1(OCCN2CCOCC2)/C=C/C[C@H](C)[C@@H](C)S(=O)(=O)NC(=O)c2ccc3c(c2)N(C[C@@H]2CC[C@H]21)C[C@@]1(CCCc2cc(Cl)ccc21)CO3. The number of anilines is 2. The highest BCUT2D eigenvalue weighted by atomic mass is 35.5. The number of carbonyl (C=O) groups is 2. The number of nitrogens with one attached hydrogen (secondary N) is 2. The van der Waals surface area contributed by atoms with E-state index in [1.165, 1.54) is 22.3 Å². The number of ether oxygens (including phenoxy) is 6. The van der Waals surface area contributed by atoms with Gasteiger partial charge in [-0.2, -0.15) is 0 Å². The molecule has 4 fully saturated rings. The van der Waals surface area contributed by atoms with Crippen molar-refractivity contribution in [2.75, 3.05) is 128 Å². The number of sulfonamides is 2. The molecular weight excluding hydrogens is 1370 g/mol. The number of benzene rings is 4. The molecule has 4 aromatic carbocycles. The number of fused-ring (bicyclic) bond motifs is 8. The van der Waals surface area contributed by atoms with Gasteiger partial charge in [0.25, 0.3) is 11.8 Å². The molecule has 6 heterocycles. The summed E-state index contributed by atoms with van der Waals surface area (Å²) in [6, 6.07) is 23.3. The van der Waals surface area contributed by atoms with Crippen molar-refractivity contribution in [2.24, 2.45) is 35.5 Å². The molecule has 4 aromatic rings. The smallest absolute Gasteiger partial charge is 0.264 e. The minimum absolute atomic E-state index is 0.208. The molecule has 2 amide bonds. The number of hydrogen-bond acceptors (Lipinski definition) is 16. The fourth-order valence-corrected chi connectivity index (χ4v) is 21.3. The summed E-state index contributed by atoms with van der Waals surface area (Å²) in [7, 11) is -7.88. The molecule has 0 unspecified atom stereocenters. The monoisotopic (exact) mass is 1480 g/mol. The summed E-state index contributed by atoms with van der Waals surface area (Å²) in [5.41, 5.74) is 5.95. The van der Waals surface area contributed by atoms with E-state index in [4.69, 9.17) is 51.6 Å². The molecule has 0 aromatic heterocycles. The molecule has 4 aliphatic carbocycles. The Labute approximate surface area is 616 Å². The molecule has 12 atom stereocenters. The summed E-state index contributed by atoms with van der Waals surface area (Å²) in [4.78, 5) is 36.9. The maximum absolute atomic E-state index is 13.6. The molecule has 10 aliphatic rings. The zero-order valence-corrected chi connectivity index (χ0v) is 63.9. The second kappa shape index (κ2) is 31.7. The molecule has 2 spiro atoms. The van der Waals surface area contributed by atoms with Crippen LogP contribution in [0.1, 0.15) is 162 Å². The highest BCUT2D eigenvalue weighted by Gasteiger charge is 2.52. The Morgan fingerprint density at radius 1 is 0.549 bits per heavy atom. The second-order valence-corrected chi connectivity index (χ2v) is 36.2. The summed E-state index contributed by atoms with van der Waals surface area (Å²) in [5.74, 6) is 1.09. The van der Waals surface area contributed by atoms with Gasteiger partial charge in [0.05, 0.1) is 85.9 Å². The van der Waals surface area contributed by atoms with Gasteiger partial charge in [-0.3, -0.25) is 19.4 Å². The molecule has 0 radical (unpaired) electrons. The Bertz CT molecular complexity index is 3710. The Morgan fingerprint density at radius 2 is 0.961 bits per heavy atom. The van der Waals surface area contributed by atoms with Gasteiger partial charge < -0.3 is 38.2 Å². The van der Waals surface area contributed by atoms with E-state index in [-0.39, 0.29) is 22.7 Å². The topological polar surface area (TPSA) is 195 Å². The highest BCUT2D eigenvalue weighted by molar-refractivity contribution is 7.91. The first-order chi connectivity index (χ1) is 49.0. The van der Waals surface area contributed by atoms with Crippen LogP contribution in [0.25, 0.3) is 0 Å². The number of morpholine rings is 2. The van der Waals surface area contributed by atoms with Crippen molar-refractivity contribution < 1.29 is 54.8 Å². The van der Waals surface area contributed by atoms with E-state index in [0.29, 0.717) is 74.1 Å². The van der Waals surface area contributed by atoms with E-state index < -0.39 is 53.6 Å². The molecule has 102 heavy (non-hydrogen) atoms. The predicted octanol–water partition coefficient (Wildman–Crippen LogP) is 12.8. The van der Waals surface area contributed by atoms with Crippen LogP contribution < -0.4 is 28.7 Å². The number of halogens is 2. The van der Waals surface area contributed by atoms with Gasteiger partial charge in [0.1, 0.15) is 11.5 Å². The van der Waals surface area contributed by atoms with Gasteiger partial charge in [-0.15, -0.1) is 0 Å². The van der Waals surface area contributed by atoms with Crippen LogP contribution in [-0.2, 0) is 62.7 Å². The van der Waals surface area contributed by atoms with Crippen LogP contribution in [0.5, 0.6) is 11.5 Å². The van der Waals surface area contributed by atoms with Crippen LogP contribution in [0.3, 0.4) is 0 Å². The van der Waals surface area contributed by atoms with E-state index in [2.05, 4.69) is 91.5 Å². The van der Waals surface area contributed by atoms with Gasteiger partial charge in [-0.25, -0.2) is 26.3 Å². The van der Waals surface area contributed by atoms with Gasteiger partial charge >= 0.3 is 0 Å². The molecule has 556 valence electrons.